The summed E-state index contributed by atoms with van der Waals surface area (Å²) in [5.41, 5.74) is 4.94. The van der Waals surface area contributed by atoms with Crippen LogP contribution in [-0.2, 0) is 4.79 Å². The molecule has 62 valence electrons. The second-order valence-electron chi connectivity index (χ2n) is 2.90. The van der Waals surface area contributed by atoms with Crippen molar-refractivity contribution in [1.29, 1.82) is 0 Å². The van der Waals surface area contributed by atoms with Gasteiger partial charge < -0.3 is 10.8 Å². The van der Waals surface area contributed by atoms with Crippen molar-refractivity contribution in [3.63, 3.8) is 0 Å². The number of carboxylic acids is 1. The molecule has 1 aliphatic heterocycles. The van der Waals surface area contributed by atoms with E-state index in [0.717, 1.165) is 0 Å². The van der Waals surface area contributed by atoms with Crippen LogP contribution < -0.4 is 5.73 Å². The summed E-state index contributed by atoms with van der Waals surface area (Å²) in [5, 5.41) is 15.9. The van der Waals surface area contributed by atoms with Crippen molar-refractivity contribution in [3.05, 3.63) is 0 Å². The van der Waals surface area contributed by atoms with Crippen LogP contribution in [0.4, 0.5) is 0 Å². The largest absolute Gasteiger partial charge is 0.480 e. The van der Waals surface area contributed by atoms with Crippen molar-refractivity contribution in [3.8, 4) is 0 Å². The summed E-state index contributed by atoms with van der Waals surface area (Å²) in [6.45, 7) is 1.85. The van der Waals surface area contributed by atoms with Crippen molar-refractivity contribution in [1.82, 2.24) is 0 Å². The fourth-order valence-corrected chi connectivity index (χ4v) is 0.738. The lowest BCUT2D eigenvalue weighted by atomic mass is 10.1. The summed E-state index contributed by atoms with van der Waals surface area (Å²) >= 11 is 0. The minimum absolute atomic E-state index is 0.326. The molecule has 3 N–H and O–H groups in total. The van der Waals surface area contributed by atoms with Gasteiger partial charge in [0.25, 0.3) is 0 Å². The van der Waals surface area contributed by atoms with E-state index in [4.69, 9.17) is 10.8 Å². The number of aliphatic carboxylic acids is 1. The maximum absolute atomic E-state index is 10.3. The maximum atomic E-state index is 10.3. The van der Waals surface area contributed by atoms with Crippen LogP contribution in [0.15, 0.2) is 10.2 Å². The van der Waals surface area contributed by atoms with E-state index in [1.807, 2.05) is 6.92 Å². The average Bonchev–Trinajstić information content (AvgIpc) is 2.64. The third-order valence-electron chi connectivity index (χ3n) is 1.69. The van der Waals surface area contributed by atoms with Crippen LogP contribution in [0.2, 0.25) is 0 Å². The minimum Gasteiger partial charge on any atom is -0.480 e. The molecular formula is C6H11N3O2. The standard InChI is InChI=1S/C6H11N3O2/c1-6(8-9-6)3-2-4(7)5(10)11/h4H,2-3,7H2,1H3,(H,10,11)/t4-/m1/s1. The molecular weight excluding hydrogens is 146 g/mol. The second kappa shape index (κ2) is 2.58. The Morgan fingerprint density at radius 3 is 2.64 bits per heavy atom. The predicted octanol–water partition coefficient (Wildman–Crippen LogP) is 0.361. The Balaban J connectivity index is 2.17. The fraction of sp³-hybridized carbons (Fsp3) is 0.833. The van der Waals surface area contributed by atoms with Gasteiger partial charge in [-0.1, -0.05) is 0 Å². The molecule has 0 spiro atoms. The topological polar surface area (TPSA) is 88.0 Å². The molecule has 5 heteroatoms. The highest BCUT2D eigenvalue weighted by molar-refractivity contribution is 5.72. The zero-order valence-electron chi connectivity index (χ0n) is 6.32. The Morgan fingerprint density at radius 1 is 1.73 bits per heavy atom. The molecule has 0 aliphatic carbocycles. The van der Waals surface area contributed by atoms with E-state index in [1.54, 1.807) is 0 Å². The number of nitrogens with two attached hydrogens (primary N) is 1. The fourth-order valence-electron chi connectivity index (χ4n) is 0.738. The molecule has 5 nitrogen and oxygen atoms in total. The van der Waals surface area contributed by atoms with Crippen LogP contribution in [0.25, 0.3) is 0 Å². The zero-order chi connectivity index (χ0) is 8.48. The smallest absolute Gasteiger partial charge is 0.320 e. The summed E-state index contributed by atoms with van der Waals surface area (Å²) in [4.78, 5) is 10.3. The van der Waals surface area contributed by atoms with Crippen LogP contribution in [0.3, 0.4) is 0 Å². The predicted molar refractivity (Wildman–Crippen MR) is 38.1 cm³/mol. The third-order valence-corrected chi connectivity index (χ3v) is 1.69. The quantitative estimate of drug-likeness (QED) is 0.617. The molecule has 0 amide bonds. The van der Waals surface area contributed by atoms with Gasteiger partial charge in [0.1, 0.15) is 6.04 Å². The van der Waals surface area contributed by atoms with Gasteiger partial charge in [0, 0.05) is 0 Å². The van der Waals surface area contributed by atoms with E-state index in [9.17, 15) is 4.79 Å². The normalized spacial score (nSPS) is 21.3. The lowest BCUT2D eigenvalue weighted by Crippen LogP contribution is -2.31. The van der Waals surface area contributed by atoms with Gasteiger partial charge in [-0.05, 0) is 19.8 Å². The van der Waals surface area contributed by atoms with E-state index >= 15 is 0 Å². The number of hydrogen-bond acceptors (Lipinski definition) is 4. The molecule has 0 radical (unpaired) electrons. The van der Waals surface area contributed by atoms with Crippen LogP contribution in [-0.4, -0.2) is 22.8 Å². The number of rotatable bonds is 4. The molecule has 1 atom stereocenters. The van der Waals surface area contributed by atoms with Crippen molar-refractivity contribution in [2.45, 2.75) is 31.5 Å². The first kappa shape index (κ1) is 8.13. The molecule has 0 fully saturated rings. The lowest BCUT2D eigenvalue weighted by Gasteiger charge is -2.06. The molecule has 0 aromatic heterocycles. The molecule has 0 bridgehead atoms. The van der Waals surface area contributed by atoms with Gasteiger partial charge in [0.2, 0.25) is 0 Å². The Bertz CT molecular complexity index is 196. The highest BCUT2D eigenvalue weighted by Gasteiger charge is 2.34. The van der Waals surface area contributed by atoms with E-state index in [-0.39, 0.29) is 5.66 Å². The number of hydrogen-bond donors (Lipinski definition) is 2. The van der Waals surface area contributed by atoms with E-state index in [2.05, 4.69) is 10.2 Å². The Morgan fingerprint density at radius 2 is 2.27 bits per heavy atom. The Hall–Kier alpha value is -0.970. The monoisotopic (exact) mass is 157 g/mol. The summed E-state index contributed by atoms with van der Waals surface area (Å²) in [7, 11) is 0. The summed E-state index contributed by atoms with van der Waals surface area (Å²) < 4.78 is 0. The molecule has 0 aromatic carbocycles. The average molecular weight is 157 g/mol. The van der Waals surface area contributed by atoms with E-state index in [0.29, 0.717) is 12.8 Å². The van der Waals surface area contributed by atoms with E-state index < -0.39 is 12.0 Å². The van der Waals surface area contributed by atoms with Crippen LogP contribution in [0.5, 0.6) is 0 Å². The van der Waals surface area contributed by atoms with Crippen molar-refractivity contribution >= 4 is 5.97 Å². The molecule has 1 rings (SSSR count). The minimum atomic E-state index is -0.964. The first-order valence-electron chi connectivity index (χ1n) is 3.46. The van der Waals surface area contributed by atoms with Gasteiger partial charge in [-0.3, -0.25) is 4.79 Å². The first-order chi connectivity index (χ1) is 5.03. The van der Waals surface area contributed by atoms with Gasteiger partial charge >= 0.3 is 5.97 Å². The SMILES string of the molecule is CC1(CC[C@@H](N)C(=O)O)N=N1. The third kappa shape index (κ3) is 2.27. The molecule has 0 saturated heterocycles. The highest BCUT2D eigenvalue weighted by Crippen LogP contribution is 2.32. The van der Waals surface area contributed by atoms with Gasteiger partial charge in [0.15, 0.2) is 5.66 Å². The Labute approximate surface area is 64.3 Å². The van der Waals surface area contributed by atoms with Gasteiger partial charge in [-0.2, -0.15) is 10.2 Å². The summed E-state index contributed by atoms with van der Waals surface area (Å²) in [6.07, 6.45) is 1.05. The first-order valence-corrected chi connectivity index (χ1v) is 3.46. The molecule has 0 aromatic rings. The van der Waals surface area contributed by atoms with Crippen molar-refractivity contribution < 1.29 is 9.90 Å². The zero-order valence-corrected chi connectivity index (χ0v) is 6.32. The second-order valence-corrected chi connectivity index (χ2v) is 2.90. The highest BCUT2D eigenvalue weighted by atomic mass is 16.4. The molecule has 1 aliphatic rings. The number of carboxylic acid groups (broad SMARTS) is 1. The summed E-state index contributed by atoms with van der Waals surface area (Å²) in [6, 6.07) is -0.780. The molecule has 0 saturated carbocycles. The maximum Gasteiger partial charge on any atom is 0.320 e. The molecule has 1 heterocycles. The van der Waals surface area contributed by atoms with Crippen molar-refractivity contribution in [2.75, 3.05) is 0 Å². The molecule has 0 unspecified atom stereocenters. The van der Waals surface area contributed by atoms with Crippen LogP contribution in [0, 0.1) is 0 Å². The number of nitrogens with zero attached hydrogens (tertiary/aromatic N) is 2. The van der Waals surface area contributed by atoms with Crippen molar-refractivity contribution in [2.24, 2.45) is 16.0 Å². The van der Waals surface area contributed by atoms with Gasteiger partial charge in [0.05, 0.1) is 0 Å². The van der Waals surface area contributed by atoms with E-state index in [1.165, 1.54) is 0 Å². The Kier molecular flexibility index (Phi) is 1.90. The van der Waals surface area contributed by atoms with Gasteiger partial charge in [-0.15, -0.1) is 0 Å². The van der Waals surface area contributed by atoms with Crippen LogP contribution in [0.1, 0.15) is 19.8 Å². The summed E-state index contributed by atoms with van der Waals surface area (Å²) in [5.74, 6) is -0.964. The van der Waals surface area contributed by atoms with Crippen LogP contribution >= 0.6 is 0 Å². The van der Waals surface area contributed by atoms with Gasteiger partial charge in [-0.25, -0.2) is 0 Å². The lowest BCUT2D eigenvalue weighted by molar-refractivity contribution is -0.138. The molecule has 11 heavy (non-hydrogen) atoms. The number of carbonyl (C=O) groups is 1.